The molecule has 0 saturated carbocycles. The Morgan fingerprint density at radius 2 is 1.65 bits per heavy atom. The Morgan fingerprint density at radius 1 is 0.950 bits per heavy atom. The first kappa shape index (κ1) is 14.7. The highest BCUT2D eigenvalue weighted by atomic mass is 19.1. The fourth-order valence-corrected chi connectivity index (χ4v) is 2.43. The van der Waals surface area contributed by atoms with Crippen LogP contribution >= 0.6 is 0 Å². The maximum Gasteiger partial charge on any atom is 0.124 e. The Balaban J connectivity index is 2.26. The first-order valence-corrected chi connectivity index (χ1v) is 7.12. The van der Waals surface area contributed by atoms with Crippen molar-refractivity contribution in [3.8, 4) is 11.1 Å². The molecular weight excluding hydrogens is 249 g/mol. The highest BCUT2D eigenvalue weighted by molar-refractivity contribution is 5.64. The fourth-order valence-electron chi connectivity index (χ4n) is 2.43. The largest absolute Gasteiger partial charge is 0.316 e. The minimum absolute atomic E-state index is 0.181. The second-order valence-electron chi connectivity index (χ2n) is 5.67. The van der Waals surface area contributed by atoms with E-state index in [1.54, 1.807) is 12.1 Å². The van der Waals surface area contributed by atoms with E-state index in [2.05, 4.69) is 43.4 Å². The van der Waals surface area contributed by atoms with E-state index in [1.807, 2.05) is 13.1 Å². The van der Waals surface area contributed by atoms with Crippen LogP contribution in [0.15, 0.2) is 42.5 Å². The number of benzene rings is 2. The molecule has 0 amide bonds. The molecule has 106 valence electrons. The highest BCUT2D eigenvalue weighted by Gasteiger charge is 2.04. The lowest BCUT2D eigenvalue weighted by Crippen LogP contribution is -2.05. The molecule has 0 unspecified atom stereocenters. The molecule has 2 heteroatoms. The third-order valence-corrected chi connectivity index (χ3v) is 3.27. The van der Waals surface area contributed by atoms with Gasteiger partial charge in [-0.25, -0.2) is 4.39 Å². The van der Waals surface area contributed by atoms with E-state index in [0.717, 1.165) is 23.1 Å². The van der Waals surface area contributed by atoms with Gasteiger partial charge in [-0.1, -0.05) is 38.1 Å². The Hall–Kier alpha value is -1.67. The van der Waals surface area contributed by atoms with Crippen molar-refractivity contribution in [3.63, 3.8) is 0 Å². The standard InChI is InChI=1S/C18H22FN/c1-13(2)8-14-4-6-16(7-5-14)17-9-15(12-20-3)10-18(19)11-17/h4-7,9-11,13,20H,8,12H2,1-3H3. The van der Waals surface area contributed by atoms with E-state index in [4.69, 9.17) is 0 Å². The van der Waals surface area contributed by atoms with E-state index in [0.29, 0.717) is 12.5 Å². The number of hydrogen-bond donors (Lipinski definition) is 1. The van der Waals surface area contributed by atoms with Gasteiger partial charge < -0.3 is 5.32 Å². The Kier molecular flexibility index (Phi) is 4.91. The summed E-state index contributed by atoms with van der Waals surface area (Å²) in [5.41, 5.74) is 4.30. The molecule has 0 radical (unpaired) electrons. The Morgan fingerprint density at radius 3 is 2.25 bits per heavy atom. The van der Waals surface area contributed by atoms with Crippen LogP contribution in [0.5, 0.6) is 0 Å². The van der Waals surface area contributed by atoms with E-state index >= 15 is 0 Å². The van der Waals surface area contributed by atoms with Gasteiger partial charge in [0.1, 0.15) is 5.82 Å². The fraction of sp³-hybridized carbons (Fsp3) is 0.333. The Bertz CT molecular complexity index is 558. The summed E-state index contributed by atoms with van der Waals surface area (Å²) in [5, 5.41) is 3.05. The maximum atomic E-state index is 13.7. The van der Waals surface area contributed by atoms with Crippen molar-refractivity contribution in [2.24, 2.45) is 5.92 Å². The van der Waals surface area contributed by atoms with Crippen molar-refractivity contribution in [1.29, 1.82) is 0 Å². The quantitative estimate of drug-likeness (QED) is 0.849. The van der Waals surface area contributed by atoms with Gasteiger partial charge in [0.15, 0.2) is 0 Å². The van der Waals surface area contributed by atoms with Crippen LogP contribution in [0.2, 0.25) is 0 Å². The smallest absolute Gasteiger partial charge is 0.124 e. The summed E-state index contributed by atoms with van der Waals surface area (Å²) >= 11 is 0. The van der Waals surface area contributed by atoms with E-state index in [1.165, 1.54) is 5.56 Å². The zero-order valence-electron chi connectivity index (χ0n) is 12.4. The topological polar surface area (TPSA) is 12.0 Å². The molecule has 20 heavy (non-hydrogen) atoms. The van der Waals surface area contributed by atoms with Crippen LogP contribution in [0.3, 0.4) is 0 Å². The van der Waals surface area contributed by atoms with Crippen molar-refractivity contribution < 1.29 is 4.39 Å². The van der Waals surface area contributed by atoms with Gasteiger partial charge in [0.05, 0.1) is 0 Å². The molecule has 0 aliphatic carbocycles. The molecule has 2 rings (SSSR count). The van der Waals surface area contributed by atoms with E-state index in [9.17, 15) is 4.39 Å². The van der Waals surface area contributed by atoms with E-state index < -0.39 is 0 Å². The molecule has 1 N–H and O–H groups in total. The second kappa shape index (κ2) is 6.67. The number of nitrogens with one attached hydrogen (secondary N) is 1. The predicted molar refractivity (Wildman–Crippen MR) is 83.1 cm³/mol. The lowest BCUT2D eigenvalue weighted by molar-refractivity contribution is 0.624. The molecule has 0 atom stereocenters. The molecule has 0 aliphatic heterocycles. The molecule has 0 saturated heterocycles. The summed E-state index contributed by atoms with van der Waals surface area (Å²) < 4.78 is 13.7. The first-order valence-electron chi connectivity index (χ1n) is 7.12. The van der Waals surface area contributed by atoms with Gasteiger partial charge in [0.25, 0.3) is 0 Å². The average Bonchev–Trinajstić information content (AvgIpc) is 2.38. The first-order chi connectivity index (χ1) is 9.58. The molecule has 0 spiro atoms. The minimum atomic E-state index is -0.181. The molecule has 0 heterocycles. The summed E-state index contributed by atoms with van der Waals surface area (Å²) in [4.78, 5) is 0. The third-order valence-electron chi connectivity index (χ3n) is 3.27. The van der Waals surface area contributed by atoms with Gasteiger partial charge in [0, 0.05) is 6.54 Å². The molecule has 2 aromatic rings. The lowest BCUT2D eigenvalue weighted by atomic mass is 9.98. The summed E-state index contributed by atoms with van der Waals surface area (Å²) in [6, 6.07) is 13.6. The summed E-state index contributed by atoms with van der Waals surface area (Å²) in [6.45, 7) is 5.10. The van der Waals surface area contributed by atoms with Crippen molar-refractivity contribution in [2.75, 3.05) is 7.05 Å². The summed E-state index contributed by atoms with van der Waals surface area (Å²) in [7, 11) is 1.87. The highest BCUT2D eigenvalue weighted by Crippen LogP contribution is 2.23. The van der Waals surface area contributed by atoms with Crippen molar-refractivity contribution in [1.82, 2.24) is 5.32 Å². The van der Waals surface area contributed by atoms with Gasteiger partial charge >= 0.3 is 0 Å². The normalized spacial score (nSPS) is 11.1. The monoisotopic (exact) mass is 271 g/mol. The van der Waals surface area contributed by atoms with Crippen molar-refractivity contribution in [2.45, 2.75) is 26.8 Å². The summed E-state index contributed by atoms with van der Waals surface area (Å²) in [6.07, 6.45) is 1.08. The van der Waals surface area contributed by atoms with Crippen molar-refractivity contribution >= 4 is 0 Å². The Labute approximate surface area is 120 Å². The molecule has 2 aromatic carbocycles. The number of halogens is 1. The molecule has 0 bridgehead atoms. The zero-order chi connectivity index (χ0) is 14.5. The molecule has 0 aliphatic rings. The van der Waals surface area contributed by atoms with Crippen LogP contribution in [0, 0.1) is 11.7 Å². The van der Waals surface area contributed by atoms with Gasteiger partial charge in [-0.2, -0.15) is 0 Å². The van der Waals surface area contributed by atoms with Gasteiger partial charge in [-0.05, 0) is 59.8 Å². The maximum absolute atomic E-state index is 13.7. The van der Waals surface area contributed by atoms with Gasteiger partial charge in [0.2, 0.25) is 0 Å². The van der Waals surface area contributed by atoms with E-state index in [-0.39, 0.29) is 5.82 Å². The predicted octanol–water partition coefficient (Wildman–Crippen LogP) is 4.41. The van der Waals surface area contributed by atoms with Crippen LogP contribution in [0.25, 0.3) is 11.1 Å². The second-order valence-corrected chi connectivity index (χ2v) is 5.67. The molecule has 1 nitrogen and oxygen atoms in total. The SMILES string of the molecule is CNCc1cc(F)cc(-c2ccc(CC(C)C)cc2)c1. The van der Waals surface area contributed by atoms with Crippen LogP contribution in [0.1, 0.15) is 25.0 Å². The minimum Gasteiger partial charge on any atom is -0.316 e. The van der Waals surface area contributed by atoms with Gasteiger partial charge in [-0.3, -0.25) is 0 Å². The molecular formula is C18H22FN. The molecule has 0 aromatic heterocycles. The molecule has 0 fully saturated rings. The van der Waals surface area contributed by atoms with Crippen LogP contribution < -0.4 is 5.32 Å². The zero-order valence-corrected chi connectivity index (χ0v) is 12.4. The van der Waals surface area contributed by atoms with Crippen LogP contribution in [0.4, 0.5) is 4.39 Å². The number of hydrogen-bond acceptors (Lipinski definition) is 1. The number of rotatable bonds is 5. The third kappa shape index (κ3) is 3.91. The van der Waals surface area contributed by atoms with Crippen LogP contribution in [-0.4, -0.2) is 7.05 Å². The average molecular weight is 271 g/mol. The van der Waals surface area contributed by atoms with Crippen LogP contribution in [-0.2, 0) is 13.0 Å². The van der Waals surface area contributed by atoms with Gasteiger partial charge in [-0.15, -0.1) is 0 Å². The summed E-state index contributed by atoms with van der Waals surface area (Å²) in [5.74, 6) is 0.469. The van der Waals surface area contributed by atoms with Crippen molar-refractivity contribution in [3.05, 3.63) is 59.4 Å². The lowest BCUT2D eigenvalue weighted by Gasteiger charge is -2.09.